The first-order valence-electron chi connectivity index (χ1n) is 7.25. The molecule has 0 radical (unpaired) electrons. The summed E-state index contributed by atoms with van der Waals surface area (Å²) in [5, 5.41) is 3.46. The molecule has 0 bridgehead atoms. The van der Waals surface area contributed by atoms with Gasteiger partial charge in [0.1, 0.15) is 5.82 Å². The van der Waals surface area contributed by atoms with Gasteiger partial charge in [-0.3, -0.25) is 4.98 Å². The number of hydrogen-bond donors (Lipinski definition) is 1. The third-order valence-corrected chi connectivity index (χ3v) is 4.07. The molecule has 0 saturated heterocycles. The van der Waals surface area contributed by atoms with Crippen LogP contribution in [0.4, 0.5) is 4.39 Å². The Morgan fingerprint density at radius 3 is 2.76 bits per heavy atom. The third-order valence-electron chi connectivity index (χ3n) is 3.58. The molecule has 2 aromatic rings. The Balaban J connectivity index is 2.33. The van der Waals surface area contributed by atoms with Crippen LogP contribution in [0.2, 0.25) is 0 Å². The highest BCUT2D eigenvalue weighted by molar-refractivity contribution is 9.10. The first-order valence-corrected chi connectivity index (χ1v) is 8.05. The highest BCUT2D eigenvalue weighted by Gasteiger charge is 2.16. The Morgan fingerprint density at radius 2 is 2.05 bits per heavy atom. The molecule has 1 aromatic heterocycles. The molecule has 1 unspecified atom stereocenters. The van der Waals surface area contributed by atoms with E-state index in [1.165, 1.54) is 17.2 Å². The highest BCUT2D eigenvalue weighted by Crippen LogP contribution is 2.25. The van der Waals surface area contributed by atoms with E-state index in [2.05, 4.69) is 40.1 Å². The largest absolute Gasteiger partial charge is 0.310 e. The van der Waals surface area contributed by atoms with E-state index in [9.17, 15) is 4.39 Å². The summed E-state index contributed by atoms with van der Waals surface area (Å²) in [6.45, 7) is 5.02. The van der Waals surface area contributed by atoms with Crippen LogP contribution in [-0.2, 0) is 12.8 Å². The van der Waals surface area contributed by atoms with Crippen molar-refractivity contribution in [3.63, 3.8) is 0 Å². The fourth-order valence-corrected chi connectivity index (χ4v) is 2.94. The molecule has 0 aliphatic rings. The lowest BCUT2D eigenvalue weighted by Crippen LogP contribution is -2.24. The quantitative estimate of drug-likeness (QED) is 0.832. The second-order valence-corrected chi connectivity index (χ2v) is 5.89. The normalized spacial score (nSPS) is 12.4. The SMILES string of the molecule is CCNC(Cc1cc(Br)ccc1F)c1ccncc1CC. The maximum absolute atomic E-state index is 14.0. The molecule has 1 atom stereocenters. The molecular formula is C17H20BrFN2. The number of likely N-dealkylation sites (N-methyl/N-ethyl adjacent to an activating group) is 1. The minimum atomic E-state index is -0.159. The molecule has 0 aliphatic carbocycles. The number of aryl methyl sites for hydroxylation is 1. The van der Waals surface area contributed by atoms with E-state index in [4.69, 9.17) is 0 Å². The number of benzene rings is 1. The minimum Gasteiger partial charge on any atom is -0.310 e. The third kappa shape index (κ3) is 4.11. The Bertz CT molecular complexity index is 601. The van der Waals surface area contributed by atoms with Crippen LogP contribution in [0.15, 0.2) is 41.1 Å². The van der Waals surface area contributed by atoms with Gasteiger partial charge < -0.3 is 5.32 Å². The minimum absolute atomic E-state index is 0.0942. The molecular weight excluding hydrogens is 331 g/mol. The maximum Gasteiger partial charge on any atom is 0.126 e. The highest BCUT2D eigenvalue weighted by atomic mass is 79.9. The smallest absolute Gasteiger partial charge is 0.126 e. The molecule has 0 saturated carbocycles. The first kappa shape index (κ1) is 16.1. The fourth-order valence-electron chi connectivity index (χ4n) is 2.53. The average molecular weight is 351 g/mol. The Hall–Kier alpha value is -1.26. The van der Waals surface area contributed by atoms with E-state index in [1.807, 2.05) is 18.3 Å². The Labute approximate surface area is 133 Å². The second kappa shape index (κ2) is 7.66. The van der Waals surface area contributed by atoms with Crippen LogP contribution >= 0.6 is 15.9 Å². The molecule has 0 fully saturated rings. The molecule has 1 heterocycles. The van der Waals surface area contributed by atoms with Gasteiger partial charge in [-0.1, -0.05) is 29.8 Å². The van der Waals surface area contributed by atoms with Crippen LogP contribution in [0.3, 0.4) is 0 Å². The van der Waals surface area contributed by atoms with Crippen molar-refractivity contribution in [2.24, 2.45) is 0 Å². The number of aromatic nitrogens is 1. The zero-order chi connectivity index (χ0) is 15.2. The van der Waals surface area contributed by atoms with Crippen LogP contribution < -0.4 is 5.32 Å². The summed E-state index contributed by atoms with van der Waals surface area (Å²) in [6, 6.07) is 7.21. The van der Waals surface area contributed by atoms with E-state index in [1.54, 1.807) is 12.3 Å². The van der Waals surface area contributed by atoms with Crippen LogP contribution in [0, 0.1) is 5.82 Å². The van der Waals surface area contributed by atoms with Crippen LogP contribution in [-0.4, -0.2) is 11.5 Å². The average Bonchev–Trinajstić information content (AvgIpc) is 2.50. The van der Waals surface area contributed by atoms with Gasteiger partial charge >= 0.3 is 0 Å². The van der Waals surface area contributed by atoms with Gasteiger partial charge in [-0.25, -0.2) is 4.39 Å². The lowest BCUT2D eigenvalue weighted by molar-refractivity contribution is 0.524. The van der Waals surface area contributed by atoms with Crippen molar-refractivity contribution in [3.8, 4) is 0 Å². The van der Waals surface area contributed by atoms with E-state index in [0.717, 1.165) is 17.4 Å². The van der Waals surface area contributed by atoms with Gasteiger partial charge in [-0.05, 0) is 60.3 Å². The molecule has 0 amide bonds. The Morgan fingerprint density at radius 1 is 1.24 bits per heavy atom. The molecule has 21 heavy (non-hydrogen) atoms. The summed E-state index contributed by atoms with van der Waals surface area (Å²) in [5.41, 5.74) is 3.13. The molecule has 0 aliphatic heterocycles. The topological polar surface area (TPSA) is 24.9 Å². The second-order valence-electron chi connectivity index (χ2n) is 4.98. The summed E-state index contributed by atoms with van der Waals surface area (Å²) in [5.74, 6) is -0.159. The number of halogens is 2. The van der Waals surface area contributed by atoms with Gasteiger partial charge in [0.05, 0.1) is 0 Å². The van der Waals surface area contributed by atoms with E-state index < -0.39 is 0 Å². The zero-order valence-corrected chi connectivity index (χ0v) is 14.0. The van der Waals surface area contributed by atoms with E-state index >= 15 is 0 Å². The van der Waals surface area contributed by atoms with Crippen molar-refractivity contribution in [2.75, 3.05) is 6.54 Å². The number of hydrogen-bond acceptors (Lipinski definition) is 2. The van der Waals surface area contributed by atoms with Crippen LogP contribution in [0.5, 0.6) is 0 Å². The summed E-state index contributed by atoms with van der Waals surface area (Å²) < 4.78 is 14.9. The number of pyridine rings is 1. The molecule has 1 aromatic carbocycles. The fraction of sp³-hybridized carbons (Fsp3) is 0.353. The van der Waals surface area contributed by atoms with Gasteiger partial charge in [0, 0.05) is 22.9 Å². The molecule has 4 heteroatoms. The van der Waals surface area contributed by atoms with Crippen LogP contribution in [0.1, 0.15) is 36.6 Å². The van der Waals surface area contributed by atoms with Gasteiger partial charge in [0.2, 0.25) is 0 Å². The monoisotopic (exact) mass is 350 g/mol. The van der Waals surface area contributed by atoms with E-state index in [-0.39, 0.29) is 11.9 Å². The number of rotatable bonds is 6. The van der Waals surface area contributed by atoms with Gasteiger partial charge in [0.25, 0.3) is 0 Å². The maximum atomic E-state index is 14.0. The zero-order valence-electron chi connectivity index (χ0n) is 12.4. The molecule has 2 nitrogen and oxygen atoms in total. The van der Waals surface area contributed by atoms with Crippen molar-refractivity contribution in [2.45, 2.75) is 32.7 Å². The molecule has 0 spiro atoms. The lowest BCUT2D eigenvalue weighted by atomic mass is 9.95. The predicted octanol–water partition coefficient (Wildman–Crippen LogP) is 4.44. The summed E-state index contributed by atoms with van der Waals surface area (Å²) in [7, 11) is 0. The van der Waals surface area contributed by atoms with Crippen molar-refractivity contribution in [1.29, 1.82) is 0 Å². The van der Waals surface area contributed by atoms with Gasteiger partial charge in [-0.15, -0.1) is 0 Å². The van der Waals surface area contributed by atoms with Crippen molar-refractivity contribution in [3.05, 3.63) is 63.6 Å². The van der Waals surface area contributed by atoms with Gasteiger partial charge in [-0.2, -0.15) is 0 Å². The van der Waals surface area contributed by atoms with Crippen molar-refractivity contribution < 1.29 is 4.39 Å². The number of nitrogens with one attached hydrogen (secondary N) is 1. The first-order chi connectivity index (χ1) is 10.2. The van der Waals surface area contributed by atoms with Crippen molar-refractivity contribution in [1.82, 2.24) is 10.3 Å². The van der Waals surface area contributed by atoms with E-state index in [0.29, 0.717) is 12.0 Å². The standard InChI is InChI=1S/C17H20BrFN2/c1-3-12-11-20-8-7-15(12)17(21-4-2)10-13-9-14(18)5-6-16(13)19/h5-9,11,17,21H,3-4,10H2,1-2H3. The molecule has 112 valence electrons. The molecule has 2 rings (SSSR count). The summed E-state index contributed by atoms with van der Waals surface area (Å²) in [4.78, 5) is 4.19. The van der Waals surface area contributed by atoms with Crippen molar-refractivity contribution >= 4 is 15.9 Å². The lowest BCUT2D eigenvalue weighted by Gasteiger charge is -2.21. The van der Waals surface area contributed by atoms with Crippen LogP contribution in [0.25, 0.3) is 0 Å². The van der Waals surface area contributed by atoms with Gasteiger partial charge in [0.15, 0.2) is 0 Å². The Kier molecular flexibility index (Phi) is 5.88. The number of nitrogens with zero attached hydrogens (tertiary/aromatic N) is 1. The predicted molar refractivity (Wildman–Crippen MR) is 87.8 cm³/mol. The molecule has 1 N–H and O–H groups in total. The summed E-state index contributed by atoms with van der Waals surface area (Å²) >= 11 is 3.41. The summed E-state index contributed by atoms with van der Waals surface area (Å²) in [6.07, 6.45) is 5.25.